The Morgan fingerprint density at radius 3 is 2.50 bits per heavy atom. The first kappa shape index (κ1) is 6.08. The molecule has 36 valence electrons. The van der Waals surface area contributed by atoms with Crippen molar-refractivity contribution < 1.29 is 26.1 Å². The summed E-state index contributed by atoms with van der Waals surface area (Å²) in [5.41, 5.74) is 6.38. The zero-order valence-corrected chi connectivity index (χ0v) is 10.1. The van der Waals surface area contributed by atoms with Crippen molar-refractivity contribution in [3.8, 4) is 0 Å². The molecule has 1 aromatic carbocycles. The number of hydrogen-bond acceptors (Lipinski definition) is 1. The van der Waals surface area contributed by atoms with Gasteiger partial charge in [-0.3, -0.25) is 0 Å². The third-order valence-corrected chi connectivity index (χ3v) is 2.66. The van der Waals surface area contributed by atoms with E-state index in [0.29, 0.717) is 0 Å². The Morgan fingerprint density at radius 1 is 1.38 bits per heavy atom. The Labute approximate surface area is 64.9 Å². The molecule has 0 aliphatic rings. The topological polar surface area (TPSA) is 26.0 Å². The molecule has 0 spiro atoms. The fourth-order valence-corrected chi connectivity index (χ4v) is 2.04. The second-order valence-corrected chi connectivity index (χ2v) is 4.92. The Balaban J connectivity index is 3.08. The van der Waals surface area contributed by atoms with Crippen molar-refractivity contribution in [3.05, 3.63) is 24.3 Å². The van der Waals surface area contributed by atoms with Gasteiger partial charge in [-0.2, -0.15) is 0 Å². The van der Waals surface area contributed by atoms with Crippen LogP contribution in [-0.4, -0.2) is 0 Å². The Hall–Kier alpha value is -0.0449. The number of anilines is 1. The van der Waals surface area contributed by atoms with Crippen LogP contribution in [0.3, 0.4) is 0 Å². The van der Waals surface area contributed by atoms with E-state index in [0.717, 1.165) is 31.8 Å². The van der Waals surface area contributed by atoms with Crippen LogP contribution in [0.15, 0.2) is 24.3 Å². The van der Waals surface area contributed by atoms with Crippen molar-refractivity contribution in [1.29, 1.82) is 0 Å². The van der Waals surface area contributed by atoms with Gasteiger partial charge in [0, 0.05) is 0 Å². The fourth-order valence-electron chi connectivity index (χ4n) is 0.593. The zero-order valence-electron chi connectivity index (χ0n) is 4.59. The zero-order chi connectivity index (χ0) is 5.98. The van der Waals surface area contributed by atoms with Crippen molar-refractivity contribution in [2.75, 3.05) is 5.73 Å². The van der Waals surface area contributed by atoms with E-state index in [2.05, 4.69) is 6.07 Å². The van der Waals surface area contributed by atoms with Gasteiger partial charge >= 0.3 is 64.9 Å². The number of benzene rings is 1. The van der Waals surface area contributed by atoms with E-state index in [1.807, 2.05) is 18.2 Å². The quantitative estimate of drug-likeness (QED) is 0.545. The molecular formula is C6H6HgN+. The van der Waals surface area contributed by atoms with Crippen molar-refractivity contribution in [2.24, 2.45) is 0 Å². The fraction of sp³-hybridized carbons (Fsp3) is 0. The standard InChI is InChI=1S/C6H6N.Hg/c7-6-4-2-1-3-5-6;/h1-2,4-5H,7H2;/q;+1. The molecule has 1 aromatic rings. The molecule has 0 bridgehead atoms. The molecule has 0 aliphatic carbocycles. The summed E-state index contributed by atoms with van der Waals surface area (Å²) < 4.78 is 1.41. The number of nitrogens with two attached hydrogens (primary N) is 1. The van der Waals surface area contributed by atoms with Crippen molar-refractivity contribution in [1.82, 2.24) is 0 Å². The van der Waals surface area contributed by atoms with Gasteiger partial charge in [-0.25, -0.2) is 0 Å². The van der Waals surface area contributed by atoms with Crippen LogP contribution in [0.1, 0.15) is 0 Å². The maximum absolute atomic E-state index is 5.49. The monoisotopic (exact) mass is 294 g/mol. The third-order valence-electron chi connectivity index (χ3n) is 0.951. The molecule has 0 saturated carbocycles. The predicted molar refractivity (Wildman–Crippen MR) is 30.5 cm³/mol. The van der Waals surface area contributed by atoms with Crippen LogP contribution in [0.25, 0.3) is 0 Å². The third kappa shape index (κ3) is 1.48. The Morgan fingerprint density at radius 2 is 2.12 bits per heavy atom. The summed E-state index contributed by atoms with van der Waals surface area (Å²) in [6.45, 7) is 0. The normalized spacial score (nSPS) is 9.25. The van der Waals surface area contributed by atoms with Crippen LogP contribution in [0.2, 0.25) is 0 Å². The van der Waals surface area contributed by atoms with E-state index in [1.165, 1.54) is 3.07 Å². The molecule has 0 unspecified atom stereocenters. The molecule has 8 heavy (non-hydrogen) atoms. The summed E-state index contributed by atoms with van der Waals surface area (Å²) in [5.74, 6) is 0. The van der Waals surface area contributed by atoms with Crippen LogP contribution in [0, 0.1) is 0 Å². The van der Waals surface area contributed by atoms with E-state index >= 15 is 0 Å². The van der Waals surface area contributed by atoms with Gasteiger partial charge in [0.15, 0.2) is 0 Å². The number of rotatable bonds is 0. The van der Waals surface area contributed by atoms with Gasteiger partial charge in [-0.15, -0.1) is 0 Å². The molecule has 1 nitrogen and oxygen atoms in total. The van der Waals surface area contributed by atoms with Crippen LogP contribution in [-0.2, 0) is 26.1 Å². The van der Waals surface area contributed by atoms with Crippen LogP contribution >= 0.6 is 0 Å². The molecule has 1 rings (SSSR count). The molecule has 0 amide bonds. The van der Waals surface area contributed by atoms with Crippen molar-refractivity contribution >= 4 is 8.76 Å². The van der Waals surface area contributed by atoms with Gasteiger partial charge in [0.05, 0.1) is 0 Å². The van der Waals surface area contributed by atoms with Crippen LogP contribution < -0.4 is 8.81 Å². The number of nitrogen functional groups attached to an aromatic ring is 1. The summed E-state index contributed by atoms with van der Waals surface area (Å²) in [6.07, 6.45) is 0. The van der Waals surface area contributed by atoms with E-state index in [4.69, 9.17) is 5.73 Å². The summed E-state index contributed by atoms with van der Waals surface area (Å²) >= 11 is 0.720. The van der Waals surface area contributed by atoms with Gasteiger partial charge in [0.2, 0.25) is 0 Å². The van der Waals surface area contributed by atoms with E-state index in [-0.39, 0.29) is 0 Å². The van der Waals surface area contributed by atoms with Crippen molar-refractivity contribution in [3.63, 3.8) is 0 Å². The van der Waals surface area contributed by atoms with Gasteiger partial charge < -0.3 is 0 Å². The van der Waals surface area contributed by atoms with Gasteiger partial charge in [0.1, 0.15) is 0 Å². The maximum atomic E-state index is 5.49. The average molecular weight is 293 g/mol. The first-order valence-corrected chi connectivity index (χ1v) is 5.21. The van der Waals surface area contributed by atoms with Crippen molar-refractivity contribution in [2.45, 2.75) is 0 Å². The van der Waals surface area contributed by atoms with Crippen LogP contribution in [0.4, 0.5) is 5.69 Å². The molecule has 2 heteroatoms. The molecule has 0 aromatic heterocycles. The Bertz CT molecular complexity index is 168. The molecule has 0 aliphatic heterocycles. The molecule has 0 fully saturated rings. The minimum absolute atomic E-state index is 0.720. The summed E-state index contributed by atoms with van der Waals surface area (Å²) in [7, 11) is 0. The predicted octanol–water partition coefficient (Wildman–Crippen LogP) is 0.441. The van der Waals surface area contributed by atoms with Crippen LogP contribution in [0.5, 0.6) is 0 Å². The van der Waals surface area contributed by atoms with E-state index in [1.54, 1.807) is 0 Å². The van der Waals surface area contributed by atoms with E-state index < -0.39 is 0 Å². The first-order chi connectivity index (χ1) is 3.79. The molecule has 0 saturated heterocycles. The molecule has 0 radical (unpaired) electrons. The molecule has 2 N–H and O–H groups in total. The number of hydrogen-bond donors (Lipinski definition) is 1. The summed E-state index contributed by atoms with van der Waals surface area (Å²) in [5, 5.41) is 0. The second kappa shape index (κ2) is 2.49. The first-order valence-electron chi connectivity index (χ1n) is 2.46. The minimum atomic E-state index is 0.720. The molecular weight excluding hydrogens is 287 g/mol. The second-order valence-electron chi connectivity index (χ2n) is 1.75. The summed E-state index contributed by atoms with van der Waals surface area (Å²) in [6, 6.07) is 8.05. The Kier molecular flexibility index (Phi) is 1.89. The summed E-state index contributed by atoms with van der Waals surface area (Å²) in [4.78, 5) is 0. The molecule has 0 atom stereocenters. The molecule has 0 heterocycles. The van der Waals surface area contributed by atoms with Gasteiger partial charge in [-0.05, 0) is 0 Å². The van der Waals surface area contributed by atoms with Gasteiger partial charge in [-0.1, -0.05) is 0 Å². The van der Waals surface area contributed by atoms with Gasteiger partial charge in [0.25, 0.3) is 0 Å². The van der Waals surface area contributed by atoms with E-state index in [9.17, 15) is 0 Å². The SMILES string of the molecule is Nc1ccc[c]([Hg+])c1. The average Bonchev–Trinajstić information content (AvgIpc) is 1.64.